The van der Waals surface area contributed by atoms with Crippen LogP contribution in [0.15, 0.2) is 95.6 Å². The van der Waals surface area contributed by atoms with E-state index in [1.807, 2.05) is 86.6 Å². The molecule has 0 saturated carbocycles. The summed E-state index contributed by atoms with van der Waals surface area (Å²) < 4.78 is 5.57. The third kappa shape index (κ3) is 8.32. The molecule has 3 amide bonds. The molecule has 2 atom stereocenters. The fourth-order valence-electron chi connectivity index (χ4n) is 5.92. The Morgan fingerprint density at radius 1 is 0.936 bits per heavy atom. The van der Waals surface area contributed by atoms with Crippen molar-refractivity contribution < 1.29 is 28.7 Å². The number of carboxylic acid groups (broad SMARTS) is 1. The minimum atomic E-state index is -1.24. The predicted molar refractivity (Wildman–Crippen MR) is 177 cm³/mol. The summed E-state index contributed by atoms with van der Waals surface area (Å²) in [7, 11) is 0. The number of anilines is 1. The van der Waals surface area contributed by atoms with Gasteiger partial charge in [0.05, 0.1) is 6.04 Å². The van der Waals surface area contributed by atoms with E-state index < -0.39 is 29.9 Å². The van der Waals surface area contributed by atoms with Crippen molar-refractivity contribution in [3.63, 3.8) is 0 Å². The van der Waals surface area contributed by atoms with Crippen molar-refractivity contribution in [1.82, 2.24) is 15.2 Å². The molecular formula is C37H40N4O6. The van der Waals surface area contributed by atoms with Crippen LogP contribution in [0.4, 0.5) is 10.5 Å². The fraction of sp³-hybridized carbons (Fsp3) is 0.324. The van der Waals surface area contributed by atoms with E-state index in [0.29, 0.717) is 13.0 Å². The summed E-state index contributed by atoms with van der Waals surface area (Å²) in [5, 5.41) is 13.0. The van der Waals surface area contributed by atoms with E-state index in [2.05, 4.69) is 10.3 Å². The Morgan fingerprint density at radius 3 is 2.28 bits per heavy atom. The van der Waals surface area contributed by atoms with Crippen molar-refractivity contribution in [2.45, 2.75) is 64.6 Å². The number of nitrogens with zero attached hydrogens (tertiary/aromatic N) is 3. The molecule has 0 radical (unpaired) electrons. The molecule has 244 valence electrons. The summed E-state index contributed by atoms with van der Waals surface area (Å²) in [5.74, 6) is -1.87. The van der Waals surface area contributed by atoms with E-state index in [1.54, 1.807) is 17.0 Å². The molecule has 3 aromatic carbocycles. The molecule has 4 aromatic rings. The number of fused-ring (bicyclic) bond motifs is 1. The molecule has 10 nitrogen and oxygen atoms in total. The molecule has 2 heterocycles. The zero-order valence-electron chi connectivity index (χ0n) is 26.7. The van der Waals surface area contributed by atoms with Crippen molar-refractivity contribution in [3.05, 3.63) is 119 Å². The average Bonchev–Trinajstić information content (AvgIpc) is 3.58. The van der Waals surface area contributed by atoms with Gasteiger partial charge in [0.2, 0.25) is 11.7 Å². The topological polar surface area (TPSA) is 133 Å². The summed E-state index contributed by atoms with van der Waals surface area (Å²) >= 11 is 0. The van der Waals surface area contributed by atoms with Crippen LogP contribution in [0.2, 0.25) is 0 Å². The van der Waals surface area contributed by atoms with Gasteiger partial charge in [0, 0.05) is 18.8 Å². The van der Waals surface area contributed by atoms with Crippen molar-refractivity contribution in [2.75, 3.05) is 11.4 Å². The largest absolute Gasteiger partial charge is 0.465 e. The second-order valence-corrected chi connectivity index (χ2v) is 12.2. The second-order valence-electron chi connectivity index (χ2n) is 12.2. The highest BCUT2D eigenvalue weighted by Crippen LogP contribution is 2.28. The summed E-state index contributed by atoms with van der Waals surface area (Å²) in [6.07, 6.45) is 2.52. The van der Waals surface area contributed by atoms with Gasteiger partial charge in [-0.05, 0) is 60.8 Å². The monoisotopic (exact) mass is 636 g/mol. The van der Waals surface area contributed by atoms with Gasteiger partial charge in [-0.15, -0.1) is 0 Å². The number of amides is 3. The van der Waals surface area contributed by atoms with Crippen molar-refractivity contribution in [3.8, 4) is 0 Å². The maximum absolute atomic E-state index is 13.9. The Kier molecular flexibility index (Phi) is 10.8. The number of carbonyl (C=O) groups is 4. The second kappa shape index (κ2) is 15.4. The molecule has 0 fully saturated rings. The molecule has 47 heavy (non-hydrogen) atoms. The number of carbonyl (C=O) groups excluding carboxylic acids is 3. The normalized spacial score (nSPS) is 13.8. The maximum Gasteiger partial charge on any atom is 0.408 e. The highest BCUT2D eigenvalue weighted by Gasteiger charge is 2.35. The number of oxazole rings is 1. The first-order valence-corrected chi connectivity index (χ1v) is 16.0. The van der Waals surface area contributed by atoms with Crippen LogP contribution in [0.3, 0.4) is 0 Å². The van der Waals surface area contributed by atoms with E-state index in [0.717, 1.165) is 40.1 Å². The van der Waals surface area contributed by atoms with Gasteiger partial charge in [0.1, 0.15) is 12.3 Å². The first-order chi connectivity index (χ1) is 22.7. The molecule has 1 aliphatic rings. The third-order valence-electron chi connectivity index (χ3n) is 8.30. The zero-order chi connectivity index (χ0) is 33.3. The van der Waals surface area contributed by atoms with Gasteiger partial charge >= 0.3 is 6.09 Å². The number of benzene rings is 3. The molecule has 1 aliphatic heterocycles. The van der Waals surface area contributed by atoms with Crippen LogP contribution in [0, 0.1) is 5.92 Å². The van der Waals surface area contributed by atoms with E-state index in [1.165, 1.54) is 6.26 Å². The summed E-state index contributed by atoms with van der Waals surface area (Å²) in [5.41, 5.74) is 3.57. The molecule has 2 N–H and O–H groups in total. The molecule has 0 bridgehead atoms. The first-order valence-electron chi connectivity index (χ1n) is 16.0. The van der Waals surface area contributed by atoms with E-state index in [-0.39, 0.29) is 42.8 Å². The lowest BCUT2D eigenvalue weighted by Crippen LogP contribution is -2.53. The zero-order valence-corrected chi connectivity index (χ0v) is 26.7. The lowest BCUT2D eigenvalue weighted by atomic mass is 9.98. The Bertz CT molecular complexity index is 1690. The highest BCUT2D eigenvalue weighted by atomic mass is 16.4. The SMILES string of the molecule is CC(C)CC(C(=O)NC(CCc1ccccc1)C(=O)c1nc(C(=O)N2CCCc3ccccc32)co1)N(Cc1ccccc1)C(=O)O. The smallest absolute Gasteiger partial charge is 0.408 e. The Balaban J connectivity index is 1.39. The van der Waals surface area contributed by atoms with Gasteiger partial charge in [-0.3, -0.25) is 19.3 Å². The van der Waals surface area contributed by atoms with Gasteiger partial charge in [0.15, 0.2) is 5.69 Å². The number of Topliss-reactive ketones (excluding diaryl/α,β-unsaturated/α-hetero) is 1. The predicted octanol–water partition coefficient (Wildman–Crippen LogP) is 6.16. The minimum Gasteiger partial charge on any atom is -0.465 e. The molecule has 1 aromatic heterocycles. The van der Waals surface area contributed by atoms with Crippen LogP contribution in [0.5, 0.6) is 0 Å². The van der Waals surface area contributed by atoms with Crippen LogP contribution in [-0.4, -0.2) is 57.3 Å². The number of hydrogen-bond donors (Lipinski definition) is 2. The standard InChI is InChI=1S/C37H40N4O6/c1-25(2)22-32(41(37(45)46)23-27-14-7-4-8-15-27)34(43)38-29(20-19-26-12-5-3-6-13-26)33(42)35-39-30(24-47-35)36(44)40-21-11-17-28-16-9-10-18-31(28)40/h3-10,12-16,18,24-25,29,32H,11,17,19-23H2,1-2H3,(H,38,43)(H,45,46). The number of para-hydroxylation sites is 1. The van der Waals surface area contributed by atoms with E-state index in [4.69, 9.17) is 4.42 Å². The Hall–Kier alpha value is -5.25. The number of nitrogens with one attached hydrogen (secondary N) is 1. The van der Waals surface area contributed by atoms with Gasteiger partial charge in [-0.25, -0.2) is 9.78 Å². The summed E-state index contributed by atoms with van der Waals surface area (Å²) in [6.45, 7) is 4.34. The summed E-state index contributed by atoms with van der Waals surface area (Å²) in [4.78, 5) is 60.9. The lowest BCUT2D eigenvalue weighted by Gasteiger charge is -2.31. The fourth-order valence-corrected chi connectivity index (χ4v) is 5.92. The van der Waals surface area contributed by atoms with Gasteiger partial charge in [-0.1, -0.05) is 92.7 Å². The van der Waals surface area contributed by atoms with Crippen LogP contribution in [-0.2, 0) is 24.2 Å². The van der Waals surface area contributed by atoms with E-state index >= 15 is 0 Å². The van der Waals surface area contributed by atoms with Gasteiger partial charge in [-0.2, -0.15) is 0 Å². The lowest BCUT2D eigenvalue weighted by molar-refractivity contribution is -0.127. The molecule has 2 unspecified atom stereocenters. The Morgan fingerprint density at radius 2 is 1.60 bits per heavy atom. The number of aryl methyl sites for hydroxylation is 2. The van der Waals surface area contributed by atoms with Crippen LogP contribution >= 0.6 is 0 Å². The van der Waals surface area contributed by atoms with Crippen LogP contribution < -0.4 is 10.2 Å². The molecule has 0 saturated heterocycles. The highest BCUT2D eigenvalue weighted by molar-refractivity contribution is 6.06. The molecule has 5 rings (SSSR count). The minimum absolute atomic E-state index is 0.00390. The van der Waals surface area contributed by atoms with Gasteiger partial charge < -0.3 is 19.7 Å². The third-order valence-corrected chi connectivity index (χ3v) is 8.30. The molecule has 10 heteroatoms. The number of ketones is 1. The van der Waals surface area contributed by atoms with Crippen LogP contribution in [0.25, 0.3) is 0 Å². The quantitative estimate of drug-likeness (QED) is 0.168. The van der Waals surface area contributed by atoms with Crippen molar-refractivity contribution in [2.24, 2.45) is 5.92 Å². The van der Waals surface area contributed by atoms with Gasteiger partial charge in [0.25, 0.3) is 11.8 Å². The number of hydrogen-bond acceptors (Lipinski definition) is 6. The van der Waals surface area contributed by atoms with E-state index in [9.17, 15) is 24.3 Å². The summed E-state index contributed by atoms with van der Waals surface area (Å²) in [6, 6.07) is 24.1. The Labute approximate surface area is 274 Å². The molecule has 0 aliphatic carbocycles. The number of aromatic nitrogens is 1. The number of rotatable bonds is 13. The van der Waals surface area contributed by atoms with Crippen molar-refractivity contribution >= 4 is 29.4 Å². The van der Waals surface area contributed by atoms with Crippen molar-refractivity contribution in [1.29, 1.82) is 0 Å². The average molecular weight is 637 g/mol. The van der Waals surface area contributed by atoms with Crippen LogP contribution in [0.1, 0.15) is 71.0 Å². The molecular weight excluding hydrogens is 596 g/mol. The molecule has 0 spiro atoms. The first kappa shape index (κ1) is 33.1. The maximum atomic E-state index is 13.9.